The minimum Gasteiger partial charge on any atom is -0.478 e. The Morgan fingerprint density at radius 2 is 2.50 bits per heavy atom. The molecule has 0 aliphatic carbocycles. The van der Waals surface area contributed by atoms with Crippen LogP contribution in [0.1, 0.15) is 22.0 Å². The number of hydrogen-bond donors (Lipinski definition) is 2. The van der Waals surface area contributed by atoms with Gasteiger partial charge in [-0.3, -0.25) is 4.98 Å². The second kappa shape index (κ2) is 4.69. The molecule has 0 amide bonds. The van der Waals surface area contributed by atoms with Crippen molar-refractivity contribution in [3.63, 3.8) is 0 Å². The molecule has 1 rings (SSSR count). The molecule has 1 unspecified atom stereocenters. The van der Waals surface area contributed by atoms with E-state index in [1.54, 1.807) is 6.07 Å². The second-order valence-corrected chi connectivity index (χ2v) is 2.83. The Balaban J connectivity index is 3.00. The average molecular weight is 196 g/mol. The summed E-state index contributed by atoms with van der Waals surface area (Å²) in [6.45, 7) is 0.282. The van der Waals surface area contributed by atoms with Crippen LogP contribution in [0.15, 0.2) is 18.5 Å². The number of nitrogens with zero attached hydrogens (tertiary/aromatic N) is 1. The smallest absolute Gasteiger partial charge is 0.337 e. The maximum absolute atomic E-state index is 10.8. The van der Waals surface area contributed by atoms with Crippen LogP contribution < -0.4 is 5.73 Å². The summed E-state index contributed by atoms with van der Waals surface area (Å²) in [7, 11) is 1.52. The number of hydrogen-bond acceptors (Lipinski definition) is 4. The molecule has 14 heavy (non-hydrogen) atoms. The van der Waals surface area contributed by atoms with Crippen molar-refractivity contribution in [3.05, 3.63) is 29.6 Å². The van der Waals surface area contributed by atoms with Gasteiger partial charge in [0.25, 0.3) is 0 Å². The van der Waals surface area contributed by atoms with Gasteiger partial charge in [0.15, 0.2) is 0 Å². The highest BCUT2D eigenvalue weighted by molar-refractivity contribution is 5.89. The quantitative estimate of drug-likeness (QED) is 0.729. The minimum absolute atomic E-state index is 0.122. The predicted octanol–water partition coefficient (Wildman–Crippen LogP) is 0.426. The van der Waals surface area contributed by atoms with Crippen molar-refractivity contribution in [2.45, 2.75) is 6.04 Å². The average Bonchev–Trinajstić information content (AvgIpc) is 2.18. The Morgan fingerprint density at radius 1 is 1.79 bits per heavy atom. The molecule has 5 heteroatoms. The maximum atomic E-state index is 10.8. The molecule has 5 nitrogen and oxygen atoms in total. The lowest BCUT2D eigenvalue weighted by Crippen LogP contribution is -2.19. The van der Waals surface area contributed by atoms with Gasteiger partial charge in [0.1, 0.15) is 0 Å². The van der Waals surface area contributed by atoms with E-state index in [9.17, 15) is 4.79 Å². The van der Waals surface area contributed by atoms with E-state index in [2.05, 4.69) is 4.98 Å². The lowest BCUT2D eigenvalue weighted by atomic mass is 10.0. The normalized spacial score (nSPS) is 12.4. The van der Waals surface area contributed by atoms with Crippen molar-refractivity contribution in [2.24, 2.45) is 5.73 Å². The summed E-state index contributed by atoms with van der Waals surface area (Å²) in [5.41, 5.74) is 6.39. The highest BCUT2D eigenvalue weighted by Gasteiger charge is 2.15. The predicted molar refractivity (Wildman–Crippen MR) is 50.0 cm³/mol. The molecule has 0 saturated heterocycles. The van der Waals surface area contributed by atoms with Gasteiger partial charge < -0.3 is 15.6 Å². The zero-order valence-electron chi connectivity index (χ0n) is 7.80. The van der Waals surface area contributed by atoms with Crippen LogP contribution in [0.2, 0.25) is 0 Å². The van der Waals surface area contributed by atoms with Crippen LogP contribution in [0.4, 0.5) is 0 Å². The first-order valence-electron chi connectivity index (χ1n) is 4.08. The number of carboxylic acid groups (broad SMARTS) is 1. The second-order valence-electron chi connectivity index (χ2n) is 2.83. The van der Waals surface area contributed by atoms with E-state index in [4.69, 9.17) is 15.6 Å². The molecule has 0 spiro atoms. The molecule has 0 aliphatic rings. The van der Waals surface area contributed by atoms with Crippen LogP contribution in [0.5, 0.6) is 0 Å². The highest BCUT2D eigenvalue weighted by atomic mass is 16.5. The monoisotopic (exact) mass is 196 g/mol. The molecular weight excluding hydrogens is 184 g/mol. The molecule has 0 aliphatic heterocycles. The number of carboxylic acids is 1. The number of carbonyl (C=O) groups is 1. The summed E-state index contributed by atoms with van der Waals surface area (Å²) in [4.78, 5) is 14.5. The van der Waals surface area contributed by atoms with Crippen LogP contribution in [-0.2, 0) is 4.74 Å². The summed E-state index contributed by atoms with van der Waals surface area (Å²) in [5, 5.41) is 8.85. The number of aromatic nitrogens is 1. The van der Waals surface area contributed by atoms with E-state index < -0.39 is 12.0 Å². The molecule has 76 valence electrons. The van der Waals surface area contributed by atoms with Crippen molar-refractivity contribution in [3.8, 4) is 0 Å². The maximum Gasteiger partial charge on any atom is 0.337 e. The van der Waals surface area contributed by atoms with Gasteiger partial charge in [-0.15, -0.1) is 0 Å². The summed E-state index contributed by atoms with van der Waals surface area (Å²) < 4.78 is 4.85. The molecule has 0 aromatic carbocycles. The first kappa shape index (κ1) is 10.6. The topological polar surface area (TPSA) is 85.4 Å². The van der Waals surface area contributed by atoms with Crippen LogP contribution in [0.3, 0.4) is 0 Å². The number of methoxy groups -OCH3 is 1. The first-order chi connectivity index (χ1) is 6.66. The molecular formula is C9H12N2O3. The van der Waals surface area contributed by atoms with Crippen molar-refractivity contribution >= 4 is 5.97 Å². The zero-order chi connectivity index (χ0) is 10.6. The van der Waals surface area contributed by atoms with E-state index in [-0.39, 0.29) is 12.2 Å². The summed E-state index contributed by atoms with van der Waals surface area (Å²) in [6.07, 6.45) is 2.80. The molecule has 0 saturated carbocycles. The summed E-state index contributed by atoms with van der Waals surface area (Å²) in [6, 6.07) is 1.15. The third-order valence-electron chi connectivity index (χ3n) is 1.83. The zero-order valence-corrected chi connectivity index (χ0v) is 7.80. The Kier molecular flexibility index (Phi) is 3.55. The number of ether oxygens (including phenoxy) is 1. The third-order valence-corrected chi connectivity index (χ3v) is 1.83. The van der Waals surface area contributed by atoms with Gasteiger partial charge in [0, 0.05) is 19.5 Å². The Morgan fingerprint density at radius 3 is 3.07 bits per heavy atom. The third kappa shape index (κ3) is 2.27. The molecule has 0 radical (unpaired) electrons. The van der Waals surface area contributed by atoms with Crippen molar-refractivity contribution in [2.75, 3.05) is 13.7 Å². The van der Waals surface area contributed by atoms with Gasteiger partial charge in [0.2, 0.25) is 0 Å². The number of nitrogens with two attached hydrogens (primary N) is 1. The molecule has 1 aromatic heterocycles. The molecule has 3 N–H and O–H groups in total. The Hall–Kier alpha value is -1.46. The number of aromatic carboxylic acids is 1. The standard InChI is InChI=1S/C9H12N2O3/c1-14-5-8(10)6-2-3-11-4-7(6)9(12)13/h2-4,8H,5,10H2,1H3,(H,12,13). The fraction of sp³-hybridized carbons (Fsp3) is 0.333. The molecule has 1 atom stereocenters. The SMILES string of the molecule is COCC(N)c1ccncc1C(=O)O. The molecule has 1 aromatic rings. The van der Waals surface area contributed by atoms with Crippen LogP contribution in [0.25, 0.3) is 0 Å². The minimum atomic E-state index is -1.03. The fourth-order valence-corrected chi connectivity index (χ4v) is 1.18. The van der Waals surface area contributed by atoms with Gasteiger partial charge in [-0.05, 0) is 11.6 Å². The van der Waals surface area contributed by atoms with E-state index in [1.165, 1.54) is 19.5 Å². The van der Waals surface area contributed by atoms with E-state index >= 15 is 0 Å². The van der Waals surface area contributed by atoms with Gasteiger partial charge in [-0.1, -0.05) is 0 Å². The largest absolute Gasteiger partial charge is 0.478 e. The van der Waals surface area contributed by atoms with Gasteiger partial charge in [0.05, 0.1) is 18.2 Å². The van der Waals surface area contributed by atoms with Crippen molar-refractivity contribution in [1.82, 2.24) is 4.98 Å². The molecule has 0 fully saturated rings. The number of pyridine rings is 1. The van der Waals surface area contributed by atoms with Crippen LogP contribution in [-0.4, -0.2) is 29.8 Å². The lowest BCUT2D eigenvalue weighted by Gasteiger charge is -2.12. The molecule has 0 bridgehead atoms. The molecule has 1 heterocycles. The van der Waals surface area contributed by atoms with Crippen molar-refractivity contribution in [1.29, 1.82) is 0 Å². The summed E-state index contributed by atoms with van der Waals surface area (Å²) in [5.74, 6) is -1.03. The Labute approximate surface area is 81.5 Å². The fourth-order valence-electron chi connectivity index (χ4n) is 1.18. The van der Waals surface area contributed by atoms with E-state index in [0.717, 1.165) is 0 Å². The van der Waals surface area contributed by atoms with Gasteiger partial charge in [-0.2, -0.15) is 0 Å². The van der Waals surface area contributed by atoms with Crippen molar-refractivity contribution < 1.29 is 14.6 Å². The van der Waals surface area contributed by atoms with E-state index in [0.29, 0.717) is 5.56 Å². The van der Waals surface area contributed by atoms with Gasteiger partial charge >= 0.3 is 5.97 Å². The Bertz CT molecular complexity index is 328. The number of rotatable bonds is 4. The lowest BCUT2D eigenvalue weighted by molar-refractivity contribution is 0.0693. The highest BCUT2D eigenvalue weighted by Crippen LogP contribution is 2.14. The van der Waals surface area contributed by atoms with E-state index in [1.807, 2.05) is 0 Å². The van der Waals surface area contributed by atoms with Crippen LogP contribution >= 0.6 is 0 Å². The first-order valence-corrected chi connectivity index (χ1v) is 4.08. The van der Waals surface area contributed by atoms with Gasteiger partial charge in [-0.25, -0.2) is 4.79 Å². The van der Waals surface area contributed by atoms with Crippen LogP contribution in [0, 0.1) is 0 Å². The summed E-state index contributed by atoms with van der Waals surface area (Å²) >= 11 is 0.